The van der Waals surface area contributed by atoms with E-state index in [-0.39, 0.29) is 0 Å². The van der Waals surface area contributed by atoms with Gasteiger partial charge in [0.15, 0.2) is 0 Å². The SMILES string of the molecule is CCCCCN1CCC(Cc2ccccc2)c2ccccc2C1. The summed E-state index contributed by atoms with van der Waals surface area (Å²) < 4.78 is 0. The normalized spacial score (nSPS) is 18.4. The van der Waals surface area contributed by atoms with E-state index in [0.29, 0.717) is 5.92 Å². The van der Waals surface area contributed by atoms with Gasteiger partial charge in [-0.25, -0.2) is 0 Å². The van der Waals surface area contributed by atoms with E-state index in [2.05, 4.69) is 66.4 Å². The lowest BCUT2D eigenvalue weighted by atomic mass is 9.87. The van der Waals surface area contributed by atoms with Gasteiger partial charge in [0, 0.05) is 6.54 Å². The molecule has 0 fully saturated rings. The van der Waals surface area contributed by atoms with Crippen LogP contribution in [-0.2, 0) is 13.0 Å². The van der Waals surface area contributed by atoms with Gasteiger partial charge < -0.3 is 0 Å². The maximum Gasteiger partial charge on any atom is 0.0236 e. The summed E-state index contributed by atoms with van der Waals surface area (Å²) in [6.07, 6.45) is 6.44. The minimum Gasteiger partial charge on any atom is -0.299 e. The fraction of sp³-hybridized carbons (Fsp3) is 0.455. The van der Waals surface area contributed by atoms with Crippen LogP contribution in [0.1, 0.15) is 55.2 Å². The minimum atomic E-state index is 0.657. The number of benzene rings is 2. The van der Waals surface area contributed by atoms with E-state index in [0.717, 1.165) is 6.54 Å². The van der Waals surface area contributed by atoms with E-state index in [1.807, 2.05) is 0 Å². The summed E-state index contributed by atoms with van der Waals surface area (Å²) in [6, 6.07) is 20.1. The van der Waals surface area contributed by atoms with Crippen LogP contribution in [-0.4, -0.2) is 18.0 Å². The smallest absolute Gasteiger partial charge is 0.0236 e. The first kappa shape index (κ1) is 16.3. The Kier molecular flexibility index (Phi) is 5.87. The minimum absolute atomic E-state index is 0.657. The molecule has 1 heterocycles. The van der Waals surface area contributed by atoms with Gasteiger partial charge in [0.1, 0.15) is 0 Å². The summed E-state index contributed by atoms with van der Waals surface area (Å²) in [5, 5.41) is 0. The summed E-state index contributed by atoms with van der Waals surface area (Å²) in [4.78, 5) is 2.67. The molecule has 122 valence electrons. The molecule has 1 unspecified atom stereocenters. The maximum absolute atomic E-state index is 2.67. The molecule has 1 aliphatic heterocycles. The van der Waals surface area contributed by atoms with Gasteiger partial charge >= 0.3 is 0 Å². The molecular weight excluding hydrogens is 278 g/mol. The molecule has 0 aliphatic carbocycles. The predicted octanol–water partition coefficient (Wildman–Crippen LogP) is 5.41. The zero-order valence-corrected chi connectivity index (χ0v) is 14.4. The fourth-order valence-corrected chi connectivity index (χ4v) is 3.78. The molecule has 0 spiro atoms. The Labute approximate surface area is 141 Å². The highest BCUT2D eigenvalue weighted by atomic mass is 15.1. The second-order valence-corrected chi connectivity index (χ2v) is 6.86. The van der Waals surface area contributed by atoms with Crippen LogP contribution in [0, 0.1) is 0 Å². The molecule has 0 aromatic heterocycles. The Hall–Kier alpha value is -1.60. The molecule has 23 heavy (non-hydrogen) atoms. The molecule has 0 bridgehead atoms. The summed E-state index contributed by atoms with van der Waals surface area (Å²) in [5.74, 6) is 0.657. The lowest BCUT2D eigenvalue weighted by Crippen LogP contribution is -2.24. The lowest BCUT2D eigenvalue weighted by Gasteiger charge is -2.20. The van der Waals surface area contributed by atoms with Crippen LogP contribution in [0.25, 0.3) is 0 Å². The monoisotopic (exact) mass is 307 g/mol. The van der Waals surface area contributed by atoms with Crippen molar-refractivity contribution in [3.05, 3.63) is 71.3 Å². The molecule has 0 amide bonds. The van der Waals surface area contributed by atoms with Crippen LogP contribution >= 0.6 is 0 Å². The number of fused-ring (bicyclic) bond motifs is 1. The summed E-state index contributed by atoms with van der Waals surface area (Å²) >= 11 is 0. The maximum atomic E-state index is 2.67. The number of nitrogens with zero attached hydrogens (tertiary/aromatic N) is 1. The molecule has 1 atom stereocenters. The Bertz CT molecular complexity index is 590. The van der Waals surface area contributed by atoms with Crippen molar-refractivity contribution in [3.63, 3.8) is 0 Å². The van der Waals surface area contributed by atoms with Crippen molar-refractivity contribution in [1.82, 2.24) is 4.90 Å². The molecule has 3 rings (SSSR count). The second-order valence-electron chi connectivity index (χ2n) is 6.86. The fourth-order valence-electron chi connectivity index (χ4n) is 3.78. The summed E-state index contributed by atoms with van der Waals surface area (Å²) in [6.45, 7) is 5.90. The summed E-state index contributed by atoms with van der Waals surface area (Å²) in [5.41, 5.74) is 4.59. The Morgan fingerprint density at radius 2 is 1.74 bits per heavy atom. The first-order valence-corrected chi connectivity index (χ1v) is 9.21. The van der Waals surface area contributed by atoms with E-state index in [1.54, 1.807) is 11.1 Å². The molecule has 2 aromatic rings. The molecular formula is C22H29N. The molecule has 0 saturated heterocycles. The molecule has 2 aromatic carbocycles. The van der Waals surface area contributed by atoms with E-state index in [1.165, 1.54) is 50.8 Å². The highest BCUT2D eigenvalue weighted by Crippen LogP contribution is 2.31. The van der Waals surface area contributed by atoms with Gasteiger partial charge in [-0.05, 0) is 55.0 Å². The largest absolute Gasteiger partial charge is 0.299 e. The first-order chi connectivity index (χ1) is 11.4. The Morgan fingerprint density at radius 3 is 2.57 bits per heavy atom. The van der Waals surface area contributed by atoms with E-state index >= 15 is 0 Å². The molecule has 1 heteroatoms. The van der Waals surface area contributed by atoms with Crippen molar-refractivity contribution in [2.45, 2.75) is 51.5 Å². The standard InChI is InChI=1S/C22H29N/c1-2-3-9-15-23-16-14-20(17-19-10-5-4-6-11-19)22-13-8-7-12-21(22)18-23/h4-8,10-13,20H,2-3,9,14-18H2,1H3. The third-order valence-corrected chi connectivity index (χ3v) is 5.09. The third kappa shape index (κ3) is 4.45. The average molecular weight is 307 g/mol. The van der Waals surface area contributed by atoms with E-state index in [9.17, 15) is 0 Å². The lowest BCUT2D eigenvalue weighted by molar-refractivity contribution is 0.259. The van der Waals surface area contributed by atoms with Gasteiger partial charge in [-0.3, -0.25) is 4.90 Å². The molecule has 0 N–H and O–H groups in total. The number of hydrogen-bond acceptors (Lipinski definition) is 1. The molecule has 0 saturated carbocycles. The first-order valence-electron chi connectivity index (χ1n) is 9.21. The van der Waals surface area contributed by atoms with Crippen LogP contribution in [0.5, 0.6) is 0 Å². The van der Waals surface area contributed by atoms with Crippen molar-refractivity contribution >= 4 is 0 Å². The van der Waals surface area contributed by atoms with Gasteiger partial charge in [-0.15, -0.1) is 0 Å². The topological polar surface area (TPSA) is 3.24 Å². The zero-order valence-electron chi connectivity index (χ0n) is 14.4. The third-order valence-electron chi connectivity index (χ3n) is 5.09. The van der Waals surface area contributed by atoms with Crippen molar-refractivity contribution in [2.75, 3.05) is 13.1 Å². The summed E-state index contributed by atoms with van der Waals surface area (Å²) in [7, 11) is 0. The van der Waals surface area contributed by atoms with Crippen LogP contribution in [0.4, 0.5) is 0 Å². The van der Waals surface area contributed by atoms with Gasteiger partial charge in [-0.1, -0.05) is 74.4 Å². The second kappa shape index (κ2) is 8.31. The zero-order chi connectivity index (χ0) is 15.9. The molecule has 1 aliphatic rings. The van der Waals surface area contributed by atoms with E-state index in [4.69, 9.17) is 0 Å². The Morgan fingerprint density at radius 1 is 0.957 bits per heavy atom. The van der Waals surface area contributed by atoms with Gasteiger partial charge in [0.05, 0.1) is 0 Å². The van der Waals surface area contributed by atoms with Gasteiger partial charge in [-0.2, -0.15) is 0 Å². The highest BCUT2D eigenvalue weighted by molar-refractivity contribution is 5.33. The number of hydrogen-bond donors (Lipinski definition) is 0. The van der Waals surface area contributed by atoms with Gasteiger partial charge in [0.25, 0.3) is 0 Å². The quantitative estimate of drug-likeness (QED) is 0.645. The van der Waals surface area contributed by atoms with Crippen LogP contribution in [0.2, 0.25) is 0 Å². The van der Waals surface area contributed by atoms with E-state index < -0.39 is 0 Å². The van der Waals surface area contributed by atoms with Crippen molar-refractivity contribution < 1.29 is 0 Å². The van der Waals surface area contributed by atoms with Crippen molar-refractivity contribution in [2.24, 2.45) is 0 Å². The van der Waals surface area contributed by atoms with Crippen LogP contribution < -0.4 is 0 Å². The molecule has 0 radical (unpaired) electrons. The molecule has 1 nitrogen and oxygen atoms in total. The number of rotatable bonds is 6. The van der Waals surface area contributed by atoms with Crippen LogP contribution in [0.15, 0.2) is 54.6 Å². The van der Waals surface area contributed by atoms with Crippen molar-refractivity contribution in [3.8, 4) is 0 Å². The van der Waals surface area contributed by atoms with Crippen molar-refractivity contribution in [1.29, 1.82) is 0 Å². The predicted molar refractivity (Wildman–Crippen MR) is 98.7 cm³/mol. The highest BCUT2D eigenvalue weighted by Gasteiger charge is 2.22. The Balaban J connectivity index is 1.74. The number of unbranched alkanes of at least 4 members (excludes halogenated alkanes) is 2. The average Bonchev–Trinajstić information content (AvgIpc) is 2.76. The van der Waals surface area contributed by atoms with Crippen LogP contribution in [0.3, 0.4) is 0 Å². The van der Waals surface area contributed by atoms with Gasteiger partial charge in [0.2, 0.25) is 0 Å².